The predicted octanol–water partition coefficient (Wildman–Crippen LogP) is 5.78. The van der Waals surface area contributed by atoms with E-state index in [0.717, 1.165) is 55.9 Å². The van der Waals surface area contributed by atoms with Gasteiger partial charge >= 0.3 is 0 Å². The monoisotopic (exact) mass is 424 g/mol. The van der Waals surface area contributed by atoms with Crippen LogP contribution >= 0.6 is 0 Å². The second-order valence-electron chi connectivity index (χ2n) is 9.36. The summed E-state index contributed by atoms with van der Waals surface area (Å²) in [5.41, 5.74) is 6.84. The molecule has 3 heteroatoms. The molecule has 5 rings (SSSR count). The Morgan fingerprint density at radius 3 is 2.38 bits per heavy atom. The highest BCUT2D eigenvalue weighted by atomic mass is 16.5. The van der Waals surface area contributed by atoms with Gasteiger partial charge in [-0.2, -0.15) is 0 Å². The van der Waals surface area contributed by atoms with Crippen molar-refractivity contribution in [1.29, 1.82) is 5.41 Å². The number of fused-ring (bicyclic) bond motifs is 1. The molecule has 0 saturated carbocycles. The molecule has 0 radical (unpaired) electrons. The predicted molar refractivity (Wildman–Crippen MR) is 131 cm³/mol. The number of hydrogen-bond acceptors (Lipinski definition) is 3. The van der Waals surface area contributed by atoms with Gasteiger partial charge in [-0.05, 0) is 73.5 Å². The Morgan fingerprint density at radius 1 is 0.938 bits per heavy atom. The molecule has 1 atom stereocenters. The maximum atomic E-state index is 9.37. The first-order valence-electron chi connectivity index (χ1n) is 11.7. The van der Waals surface area contributed by atoms with Gasteiger partial charge in [0.1, 0.15) is 5.75 Å². The number of piperidine rings is 1. The largest absolute Gasteiger partial charge is 0.496 e. The Balaban J connectivity index is 1.46. The minimum Gasteiger partial charge on any atom is -0.496 e. The first-order valence-corrected chi connectivity index (χ1v) is 11.7. The second-order valence-corrected chi connectivity index (χ2v) is 9.36. The average Bonchev–Trinajstić information content (AvgIpc) is 3.14. The van der Waals surface area contributed by atoms with E-state index < -0.39 is 0 Å². The maximum Gasteiger partial charge on any atom is 0.123 e. The van der Waals surface area contributed by atoms with Crippen molar-refractivity contribution in [3.63, 3.8) is 0 Å². The molecule has 0 amide bonds. The van der Waals surface area contributed by atoms with Crippen LogP contribution in [0.25, 0.3) is 0 Å². The van der Waals surface area contributed by atoms with Gasteiger partial charge < -0.3 is 10.1 Å². The van der Waals surface area contributed by atoms with Gasteiger partial charge in [-0.3, -0.25) is 4.90 Å². The van der Waals surface area contributed by atoms with Gasteiger partial charge in [0.15, 0.2) is 0 Å². The van der Waals surface area contributed by atoms with Gasteiger partial charge in [0, 0.05) is 17.5 Å². The molecule has 164 valence electrons. The fraction of sp³-hybridized carbons (Fsp3) is 0.345. The molecule has 1 fully saturated rings. The van der Waals surface area contributed by atoms with Crippen molar-refractivity contribution in [2.24, 2.45) is 5.92 Å². The van der Waals surface area contributed by atoms with Gasteiger partial charge in [-0.25, -0.2) is 0 Å². The summed E-state index contributed by atoms with van der Waals surface area (Å²) in [6, 6.07) is 25.6. The SMILES string of the molecule is COc1ccccc1C1(C2CCN(Cc3ccccc3C)CC2)Cc2ccccc2C1=N. The van der Waals surface area contributed by atoms with Gasteiger partial charge in [-0.1, -0.05) is 66.7 Å². The Labute approximate surface area is 191 Å². The zero-order valence-electron chi connectivity index (χ0n) is 19.1. The highest BCUT2D eigenvalue weighted by molar-refractivity contribution is 6.10. The van der Waals surface area contributed by atoms with Crippen LogP contribution in [0.4, 0.5) is 0 Å². The third-order valence-corrected chi connectivity index (χ3v) is 7.73. The molecule has 0 aromatic heterocycles. The van der Waals surface area contributed by atoms with Crippen molar-refractivity contribution in [2.75, 3.05) is 20.2 Å². The Kier molecular flexibility index (Phi) is 5.60. The van der Waals surface area contributed by atoms with Crippen LogP contribution < -0.4 is 4.74 Å². The molecule has 1 unspecified atom stereocenters. The number of nitrogens with zero attached hydrogens (tertiary/aromatic N) is 1. The summed E-state index contributed by atoms with van der Waals surface area (Å²) in [4.78, 5) is 2.58. The van der Waals surface area contributed by atoms with Crippen LogP contribution in [0.15, 0.2) is 72.8 Å². The highest BCUT2D eigenvalue weighted by Gasteiger charge is 2.51. The molecule has 0 spiro atoms. The van der Waals surface area contributed by atoms with Crippen molar-refractivity contribution >= 4 is 5.71 Å². The molecule has 0 bridgehead atoms. The number of aryl methyl sites for hydroxylation is 1. The molecule has 1 aliphatic heterocycles. The van der Waals surface area contributed by atoms with Crippen molar-refractivity contribution in [1.82, 2.24) is 4.90 Å². The summed E-state index contributed by atoms with van der Waals surface area (Å²) < 4.78 is 5.83. The lowest BCUT2D eigenvalue weighted by Crippen LogP contribution is -2.47. The lowest BCUT2D eigenvalue weighted by molar-refractivity contribution is 0.145. The second kappa shape index (κ2) is 8.55. The summed E-state index contributed by atoms with van der Waals surface area (Å²) in [6.45, 7) is 5.35. The minimum absolute atomic E-state index is 0.314. The van der Waals surface area contributed by atoms with Gasteiger partial charge in [0.2, 0.25) is 0 Å². The standard InChI is InChI=1S/C29H32N2O/c1-21-9-3-4-11-23(21)20-31-17-15-24(16-18-31)29(26-13-7-8-14-27(26)32-2)19-22-10-5-6-12-25(22)28(29)30/h3-14,24,30H,15-20H2,1-2H3. The average molecular weight is 425 g/mol. The van der Waals surface area contributed by atoms with E-state index in [9.17, 15) is 5.41 Å². The minimum atomic E-state index is -0.314. The van der Waals surface area contributed by atoms with E-state index in [1.807, 2.05) is 6.07 Å². The van der Waals surface area contributed by atoms with E-state index in [1.165, 1.54) is 22.3 Å². The molecular formula is C29H32N2O. The smallest absolute Gasteiger partial charge is 0.123 e. The third-order valence-electron chi connectivity index (χ3n) is 7.73. The van der Waals surface area contributed by atoms with E-state index in [2.05, 4.69) is 78.6 Å². The summed E-state index contributed by atoms with van der Waals surface area (Å²) in [7, 11) is 1.75. The number of rotatable bonds is 5. The topological polar surface area (TPSA) is 36.3 Å². The van der Waals surface area contributed by atoms with Crippen LogP contribution in [0.1, 0.15) is 40.7 Å². The zero-order valence-corrected chi connectivity index (χ0v) is 19.1. The van der Waals surface area contributed by atoms with Crippen LogP contribution in [-0.2, 0) is 18.4 Å². The zero-order chi connectivity index (χ0) is 22.1. The molecule has 1 N–H and O–H groups in total. The summed E-state index contributed by atoms with van der Waals surface area (Å²) in [5, 5.41) is 9.37. The van der Waals surface area contributed by atoms with E-state index >= 15 is 0 Å². The molecule has 3 aromatic rings. The number of ether oxygens (including phenoxy) is 1. The van der Waals surface area contributed by atoms with E-state index in [0.29, 0.717) is 5.92 Å². The Bertz CT molecular complexity index is 1130. The number of nitrogens with one attached hydrogen (secondary N) is 1. The summed E-state index contributed by atoms with van der Waals surface area (Å²) >= 11 is 0. The van der Waals surface area contributed by atoms with E-state index in [1.54, 1.807) is 7.11 Å². The lowest BCUT2D eigenvalue weighted by atomic mass is 9.63. The van der Waals surface area contributed by atoms with Crippen LogP contribution in [0, 0.1) is 18.3 Å². The van der Waals surface area contributed by atoms with Gasteiger partial charge in [0.25, 0.3) is 0 Å². The van der Waals surface area contributed by atoms with Crippen LogP contribution in [0.5, 0.6) is 5.75 Å². The highest BCUT2D eigenvalue weighted by Crippen LogP contribution is 2.50. The Hall–Kier alpha value is -2.91. The lowest BCUT2D eigenvalue weighted by Gasteiger charge is -2.43. The molecule has 1 heterocycles. The fourth-order valence-corrected chi connectivity index (χ4v) is 5.97. The normalized spacial score (nSPS) is 21.5. The van der Waals surface area contributed by atoms with Crippen molar-refractivity contribution in [3.05, 3.63) is 101 Å². The summed E-state index contributed by atoms with van der Waals surface area (Å²) in [6.07, 6.45) is 3.09. The molecular weight excluding hydrogens is 392 g/mol. The molecule has 1 aliphatic carbocycles. The summed E-state index contributed by atoms with van der Waals surface area (Å²) in [5.74, 6) is 1.33. The van der Waals surface area contributed by atoms with E-state index in [4.69, 9.17) is 4.74 Å². The molecule has 3 nitrogen and oxygen atoms in total. The van der Waals surface area contributed by atoms with Crippen molar-refractivity contribution in [2.45, 2.75) is 38.1 Å². The van der Waals surface area contributed by atoms with Crippen LogP contribution in [0.3, 0.4) is 0 Å². The van der Waals surface area contributed by atoms with Crippen molar-refractivity contribution in [3.8, 4) is 5.75 Å². The molecule has 3 aromatic carbocycles. The van der Waals surface area contributed by atoms with Crippen LogP contribution in [-0.4, -0.2) is 30.8 Å². The van der Waals surface area contributed by atoms with Crippen LogP contribution in [0.2, 0.25) is 0 Å². The number of para-hydroxylation sites is 1. The van der Waals surface area contributed by atoms with Crippen molar-refractivity contribution < 1.29 is 4.74 Å². The first-order chi connectivity index (χ1) is 15.6. The number of hydrogen-bond donors (Lipinski definition) is 1. The quantitative estimate of drug-likeness (QED) is 0.564. The number of benzene rings is 3. The number of likely N-dealkylation sites (tertiary alicyclic amines) is 1. The van der Waals surface area contributed by atoms with Gasteiger partial charge in [-0.15, -0.1) is 0 Å². The molecule has 32 heavy (non-hydrogen) atoms. The van der Waals surface area contributed by atoms with E-state index in [-0.39, 0.29) is 5.41 Å². The fourth-order valence-electron chi connectivity index (χ4n) is 5.97. The van der Waals surface area contributed by atoms with Gasteiger partial charge in [0.05, 0.1) is 12.8 Å². The number of methoxy groups -OCH3 is 1. The molecule has 1 saturated heterocycles. The molecule has 2 aliphatic rings. The maximum absolute atomic E-state index is 9.37. The third kappa shape index (κ3) is 3.45. The Morgan fingerprint density at radius 2 is 1.62 bits per heavy atom. The first kappa shape index (κ1) is 21.0.